The Bertz CT molecular complexity index is 690. The predicted octanol–water partition coefficient (Wildman–Crippen LogP) is 5.51. The van der Waals surface area contributed by atoms with E-state index in [1.54, 1.807) is 0 Å². The molecule has 0 aromatic rings. The summed E-state index contributed by atoms with van der Waals surface area (Å²) < 4.78 is 88.7. The summed E-state index contributed by atoms with van der Waals surface area (Å²) in [6, 6.07) is 0. The lowest BCUT2D eigenvalue weighted by Crippen LogP contribution is -2.65. The first-order valence-corrected chi connectivity index (χ1v) is 10.4. The van der Waals surface area contributed by atoms with Gasteiger partial charge in [0.05, 0.1) is 6.61 Å². The van der Waals surface area contributed by atoms with Crippen LogP contribution in [-0.4, -0.2) is 36.5 Å². The van der Waals surface area contributed by atoms with Crippen LogP contribution in [0, 0.1) is 23.2 Å². The number of hydrogen-bond donors (Lipinski definition) is 0. The van der Waals surface area contributed by atoms with Gasteiger partial charge in [0.15, 0.2) is 0 Å². The van der Waals surface area contributed by atoms with Crippen LogP contribution in [0.1, 0.15) is 58.3 Å². The first-order valence-electron chi connectivity index (χ1n) is 10.4. The Kier molecular flexibility index (Phi) is 6.17. The van der Waals surface area contributed by atoms with Gasteiger partial charge in [-0.25, -0.2) is 9.59 Å². The van der Waals surface area contributed by atoms with Crippen LogP contribution in [0.2, 0.25) is 0 Å². The van der Waals surface area contributed by atoms with Crippen molar-refractivity contribution in [1.29, 1.82) is 0 Å². The minimum absolute atomic E-state index is 0.0404. The molecule has 0 aromatic heterocycles. The molecule has 4 aliphatic rings. The zero-order valence-electron chi connectivity index (χ0n) is 17.2. The van der Waals surface area contributed by atoms with Crippen LogP contribution in [-0.2, 0) is 19.1 Å². The first kappa shape index (κ1) is 23.9. The third kappa shape index (κ3) is 4.44. The summed E-state index contributed by atoms with van der Waals surface area (Å²) >= 11 is 0. The van der Waals surface area contributed by atoms with Crippen LogP contribution < -0.4 is 0 Å². The van der Waals surface area contributed by atoms with Gasteiger partial charge in [0.2, 0.25) is 0 Å². The third-order valence-electron chi connectivity index (χ3n) is 6.93. The van der Waals surface area contributed by atoms with Crippen LogP contribution in [0.25, 0.3) is 0 Å². The molecule has 0 heterocycles. The van der Waals surface area contributed by atoms with E-state index in [-0.39, 0.29) is 11.8 Å². The van der Waals surface area contributed by atoms with Gasteiger partial charge in [0.1, 0.15) is 0 Å². The van der Waals surface area contributed by atoms with Gasteiger partial charge in [-0.15, -0.1) is 0 Å². The topological polar surface area (TPSA) is 52.6 Å². The fourth-order valence-corrected chi connectivity index (χ4v) is 6.09. The Hall–Kier alpha value is -1.74. The van der Waals surface area contributed by atoms with Crippen molar-refractivity contribution in [3.8, 4) is 0 Å². The number of esters is 2. The highest BCUT2D eigenvalue weighted by Gasteiger charge is 2.80. The molecule has 4 rings (SSSR count). The van der Waals surface area contributed by atoms with Crippen molar-refractivity contribution in [3.63, 3.8) is 0 Å². The van der Waals surface area contributed by atoms with E-state index in [0.29, 0.717) is 24.2 Å². The summed E-state index contributed by atoms with van der Waals surface area (Å²) in [6.45, 7) is 3.23. The zero-order valence-corrected chi connectivity index (χ0v) is 17.2. The fourth-order valence-electron chi connectivity index (χ4n) is 6.09. The Balaban J connectivity index is 1.66. The minimum Gasteiger partial charge on any atom is -0.462 e. The van der Waals surface area contributed by atoms with Crippen molar-refractivity contribution >= 4 is 11.9 Å². The van der Waals surface area contributed by atoms with Gasteiger partial charge in [0, 0.05) is 5.57 Å². The average Bonchev–Trinajstić information content (AvgIpc) is 2.59. The van der Waals surface area contributed by atoms with Gasteiger partial charge in [0.25, 0.3) is 0 Å². The zero-order chi connectivity index (χ0) is 23.2. The summed E-state index contributed by atoms with van der Waals surface area (Å²) in [7, 11) is 0. The monoisotopic (exact) mass is 456 g/mol. The SMILES string of the molecule is C=C(C)C(=O)OC(C(=O)OCCCC12CC3CC(CC(C3)C1)C2)(C(F)(F)F)C(F)(F)F. The second-order valence-corrected chi connectivity index (χ2v) is 9.50. The Morgan fingerprint density at radius 1 is 0.935 bits per heavy atom. The maximum Gasteiger partial charge on any atom is 0.449 e. The van der Waals surface area contributed by atoms with Gasteiger partial charge in [-0.1, -0.05) is 6.58 Å². The maximum atomic E-state index is 13.4. The number of carbonyl (C=O) groups excluding carboxylic acids is 2. The van der Waals surface area contributed by atoms with E-state index in [9.17, 15) is 35.9 Å². The Morgan fingerprint density at radius 2 is 1.39 bits per heavy atom. The number of ether oxygens (including phenoxy) is 2. The van der Waals surface area contributed by atoms with Gasteiger partial charge >= 0.3 is 29.9 Å². The highest BCUT2D eigenvalue weighted by molar-refractivity contribution is 5.92. The molecular weight excluding hydrogens is 430 g/mol. The molecule has 0 amide bonds. The molecule has 0 aliphatic heterocycles. The molecule has 0 saturated heterocycles. The maximum absolute atomic E-state index is 13.4. The van der Waals surface area contributed by atoms with Crippen LogP contribution in [0.5, 0.6) is 0 Å². The molecule has 4 saturated carbocycles. The number of alkyl halides is 6. The molecule has 0 radical (unpaired) electrons. The van der Waals surface area contributed by atoms with Crippen molar-refractivity contribution in [2.24, 2.45) is 23.2 Å². The highest BCUT2D eigenvalue weighted by atomic mass is 19.4. The largest absolute Gasteiger partial charge is 0.462 e. The third-order valence-corrected chi connectivity index (χ3v) is 6.93. The molecule has 4 aliphatic carbocycles. The molecule has 0 spiro atoms. The standard InChI is InChI=1S/C21H26F6O4/c1-12(2)16(28)31-19(20(22,23)24,21(25,26)27)17(29)30-5-3-4-18-9-13-6-14(10-18)8-15(7-13)11-18/h13-15H,1,3-11H2,2H3. The molecular formula is C21H26F6O4. The van der Waals surface area contributed by atoms with Crippen LogP contribution in [0.4, 0.5) is 26.3 Å². The van der Waals surface area contributed by atoms with Gasteiger partial charge in [-0.2, -0.15) is 26.3 Å². The summed E-state index contributed by atoms with van der Waals surface area (Å²) in [5.74, 6) is -2.76. The molecule has 10 heteroatoms. The van der Waals surface area contributed by atoms with Crippen LogP contribution in [0.3, 0.4) is 0 Å². The smallest absolute Gasteiger partial charge is 0.449 e. The molecule has 176 valence electrons. The lowest BCUT2D eigenvalue weighted by Gasteiger charge is -2.57. The molecule has 31 heavy (non-hydrogen) atoms. The summed E-state index contributed by atoms with van der Waals surface area (Å²) in [6.07, 6.45) is -5.15. The minimum atomic E-state index is -6.26. The first-order chi connectivity index (χ1) is 14.2. The van der Waals surface area contributed by atoms with E-state index in [2.05, 4.69) is 16.1 Å². The number of carbonyl (C=O) groups is 2. The van der Waals surface area contributed by atoms with Crippen molar-refractivity contribution < 1.29 is 45.4 Å². The molecule has 0 unspecified atom stereocenters. The van der Waals surface area contributed by atoms with E-state index in [4.69, 9.17) is 0 Å². The summed E-state index contributed by atoms with van der Waals surface area (Å²) in [5, 5.41) is 0. The quantitative estimate of drug-likeness (QED) is 0.219. The van der Waals surface area contributed by atoms with Crippen molar-refractivity contribution in [1.82, 2.24) is 0 Å². The molecule has 4 fully saturated rings. The Labute approximate surface area is 176 Å². The highest BCUT2D eigenvalue weighted by Crippen LogP contribution is 2.61. The van der Waals surface area contributed by atoms with Crippen molar-refractivity contribution in [2.45, 2.75) is 76.2 Å². The van der Waals surface area contributed by atoms with E-state index in [1.807, 2.05) is 0 Å². The van der Waals surface area contributed by atoms with E-state index in [0.717, 1.165) is 26.2 Å². The van der Waals surface area contributed by atoms with Crippen molar-refractivity contribution in [3.05, 3.63) is 12.2 Å². The Morgan fingerprint density at radius 3 is 1.77 bits per heavy atom. The lowest BCUT2D eigenvalue weighted by atomic mass is 9.48. The normalized spacial score (nSPS) is 30.2. The predicted molar refractivity (Wildman–Crippen MR) is 96.5 cm³/mol. The van der Waals surface area contributed by atoms with Gasteiger partial charge < -0.3 is 9.47 Å². The second-order valence-electron chi connectivity index (χ2n) is 9.50. The van der Waals surface area contributed by atoms with Gasteiger partial charge in [-0.05, 0) is 81.5 Å². The van der Waals surface area contributed by atoms with Crippen LogP contribution >= 0.6 is 0 Å². The molecule has 4 bridgehead atoms. The number of hydrogen-bond acceptors (Lipinski definition) is 4. The van der Waals surface area contributed by atoms with Crippen molar-refractivity contribution in [2.75, 3.05) is 6.61 Å². The lowest BCUT2D eigenvalue weighted by molar-refractivity contribution is -0.358. The summed E-state index contributed by atoms with van der Waals surface area (Å²) in [5.41, 5.74) is -6.07. The molecule has 4 nitrogen and oxygen atoms in total. The number of rotatable bonds is 7. The average molecular weight is 456 g/mol. The van der Waals surface area contributed by atoms with E-state index >= 15 is 0 Å². The molecule has 0 aromatic carbocycles. The fraction of sp³-hybridized carbons (Fsp3) is 0.810. The summed E-state index contributed by atoms with van der Waals surface area (Å²) in [4.78, 5) is 23.6. The van der Waals surface area contributed by atoms with E-state index < -0.39 is 42.1 Å². The second kappa shape index (κ2) is 7.99. The van der Waals surface area contributed by atoms with Crippen LogP contribution in [0.15, 0.2) is 12.2 Å². The molecule has 0 N–H and O–H groups in total. The number of halogens is 6. The molecule has 0 atom stereocenters. The van der Waals surface area contributed by atoms with Gasteiger partial charge in [-0.3, -0.25) is 0 Å². The van der Waals surface area contributed by atoms with E-state index in [1.165, 1.54) is 19.3 Å².